The van der Waals surface area contributed by atoms with Crippen molar-refractivity contribution in [3.63, 3.8) is 0 Å². The Labute approximate surface area is 96.6 Å². The minimum atomic E-state index is -0.438. The molecule has 2 heterocycles. The van der Waals surface area contributed by atoms with E-state index in [0.717, 1.165) is 12.8 Å². The molecular formula is C12H21NO3. The zero-order chi connectivity index (χ0) is 11.9. The Balaban J connectivity index is 1.99. The first-order valence-corrected chi connectivity index (χ1v) is 6.04. The van der Waals surface area contributed by atoms with E-state index in [4.69, 9.17) is 4.74 Å². The van der Waals surface area contributed by atoms with Crippen LogP contribution < -0.4 is 0 Å². The highest BCUT2D eigenvalue weighted by Crippen LogP contribution is 2.35. The van der Waals surface area contributed by atoms with Crippen LogP contribution in [0.25, 0.3) is 0 Å². The molecule has 4 heteroatoms. The maximum Gasteiger partial charge on any atom is 0.410 e. The van der Waals surface area contributed by atoms with Gasteiger partial charge in [0.25, 0.3) is 0 Å². The SMILES string of the molecule is CC(C)(C)OC(=O)N1C[C@@H]2CC[C@@H]1C[C@H]2O. The van der Waals surface area contributed by atoms with Gasteiger partial charge in [0, 0.05) is 18.5 Å². The van der Waals surface area contributed by atoms with Gasteiger partial charge in [0.15, 0.2) is 0 Å². The highest BCUT2D eigenvalue weighted by molar-refractivity contribution is 5.69. The third-order valence-electron chi connectivity index (χ3n) is 3.43. The summed E-state index contributed by atoms with van der Waals surface area (Å²) in [5.74, 6) is 0.248. The molecule has 0 aromatic rings. The van der Waals surface area contributed by atoms with Gasteiger partial charge in [0.05, 0.1) is 6.10 Å². The zero-order valence-electron chi connectivity index (χ0n) is 10.3. The van der Waals surface area contributed by atoms with Gasteiger partial charge in [0.1, 0.15) is 5.60 Å². The number of hydrogen-bond donors (Lipinski definition) is 1. The zero-order valence-corrected chi connectivity index (χ0v) is 10.3. The molecule has 4 nitrogen and oxygen atoms in total. The van der Waals surface area contributed by atoms with Crippen LogP contribution in [-0.2, 0) is 4.74 Å². The van der Waals surface area contributed by atoms with Crippen molar-refractivity contribution >= 4 is 6.09 Å². The standard InChI is InChI=1S/C12H21NO3/c1-12(2,3)16-11(15)13-7-8-4-5-9(13)6-10(8)14/h8-10,14H,4-7H2,1-3H3/t8-,9+,10+/m0/s1. The van der Waals surface area contributed by atoms with Crippen molar-refractivity contribution in [3.8, 4) is 0 Å². The number of hydrogen-bond acceptors (Lipinski definition) is 3. The monoisotopic (exact) mass is 227 g/mol. The number of fused-ring (bicyclic) bond motifs is 3. The van der Waals surface area contributed by atoms with Gasteiger partial charge in [-0.05, 0) is 40.0 Å². The summed E-state index contributed by atoms with van der Waals surface area (Å²) in [6.45, 7) is 6.28. The predicted octanol–water partition coefficient (Wildman–Crippen LogP) is 1.77. The van der Waals surface area contributed by atoms with Crippen LogP contribution in [0.3, 0.4) is 0 Å². The molecule has 2 saturated heterocycles. The molecule has 0 spiro atoms. The summed E-state index contributed by atoms with van der Waals surface area (Å²) in [6, 6.07) is 0.176. The minimum Gasteiger partial charge on any atom is -0.444 e. The molecule has 0 radical (unpaired) electrons. The van der Waals surface area contributed by atoms with Gasteiger partial charge in [-0.3, -0.25) is 0 Å². The molecule has 1 amide bonds. The third kappa shape index (κ3) is 2.32. The summed E-state index contributed by atoms with van der Waals surface area (Å²) in [4.78, 5) is 13.7. The number of piperidine rings is 2. The van der Waals surface area contributed by atoms with Crippen molar-refractivity contribution in [2.24, 2.45) is 5.92 Å². The molecule has 2 bridgehead atoms. The fraction of sp³-hybridized carbons (Fsp3) is 0.917. The van der Waals surface area contributed by atoms with E-state index in [0.29, 0.717) is 13.0 Å². The van der Waals surface area contributed by atoms with Gasteiger partial charge in [-0.2, -0.15) is 0 Å². The predicted molar refractivity (Wildman–Crippen MR) is 60.1 cm³/mol. The lowest BCUT2D eigenvalue weighted by Crippen LogP contribution is -2.56. The average molecular weight is 227 g/mol. The summed E-state index contributed by atoms with van der Waals surface area (Å²) >= 11 is 0. The fourth-order valence-electron chi connectivity index (χ4n) is 2.63. The Hall–Kier alpha value is -0.770. The van der Waals surface area contributed by atoms with Crippen LogP contribution in [0.15, 0.2) is 0 Å². The lowest BCUT2D eigenvalue weighted by atomic mass is 9.78. The molecule has 3 atom stereocenters. The van der Waals surface area contributed by atoms with Crippen LogP contribution in [0, 0.1) is 5.92 Å². The van der Waals surface area contributed by atoms with Gasteiger partial charge in [-0.25, -0.2) is 4.79 Å². The van der Waals surface area contributed by atoms with E-state index in [9.17, 15) is 9.90 Å². The second-order valence-corrected chi connectivity index (χ2v) is 5.93. The smallest absolute Gasteiger partial charge is 0.410 e. The van der Waals surface area contributed by atoms with Crippen LogP contribution in [0.2, 0.25) is 0 Å². The van der Waals surface area contributed by atoms with E-state index >= 15 is 0 Å². The molecule has 1 saturated carbocycles. The van der Waals surface area contributed by atoms with Crippen molar-refractivity contribution < 1.29 is 14.6 Å². The van der Waals surface area contributed by atoms with Crippen molar-refractivity contribution in [1.29, 1.82) is 0 Å². The molecule has 3 aliphatic rings. The van der Waals surface area contributed by atoms with Crippen LogP contribution in [0.5, 0.6) is 0 Å². The summed E-state index contributed by atoms with van der Waals surface area (Å²) in [5.41, 5.74) is -0.438. The second kappa shape index (κ2) is 3.91. The van der Waals surface area contributed by atoms with Crippen molar-refractivity contribution in [1.82, 2.24) is 4.90 Å². The Morgan fingerprint density at radius 3 is 2.50 bits per heavy atom. The van der Waals surface area contributed by atoms with E-state index in [1.807, 2.05) is 20.8 Å². The summed E-state index contributed by atoms with van der Waals surface area (Å²) < 4.78 is 5.37. The molecule has 0 aromatic heterocycles. The summed E-state index contributed by atoms with van der Waals surface area (Å²) in [7, 11) is 0. The third-order valence-corrected chi connectivity index (χ3v) is 3.43. The number of carbonyl (C=O) groups is 1. The normalized spacial score (nSPS) is 34.0. The number of aliphatic hydroxyl groups is 1. The molecule has 16 heavy (non-hydrogen) atoms. The van der Waals surface area contributed by atoms with E-state index in [2.05, 4.69) is 0 Å². The Kier molecular flexibility index (Phi) is 2.86. The van der Waals surface area contributed by atoms with Crippen LogP contribution in [-0.4, -0.2) is 40.4 Å². The first kappa shape index (κ1) is 11.7. The molecule has 1 aliphatic carbocycles. The molecule has 3 rings (SSSR count). The highest BCUT2D eigenvalue weighted by atomic mass is 16.6. The van der Waals surface area contributed by atoms with Gasteiger partial charge >= 0.3 is 6.09 Å². The highest BCUT2D eigenvalue weighted by Gasteiger charge is 2.42. The first-order chi connectivity index (χ1) is 7.37. The van der Waals surface area contributed by atoms with Crippen LogP contribution in [0.4, 0.5) is 4.79 Å². The second-order valence-electron chi connectivity index (χ2n) is 5.93. The molecule has 92 valence electrons. The summed E-state index contributed by atoms with van der Waals surface area (Å²) in [6.07, 6.45) is 2.29. The minimum absolute atomic E-state index is 0.176. The molecule has 0 aromatic carbocycles. The number of aliphatic hydroxyl groups excluding tert-OH is 1. The van der Waals surface area contributed by atoms with Gasteiger partial charge in [-0.1, -0.05) is 0 Å². The van der Waals surface area contributed by atoms with E-state index < -0.39 is 5.60 Å². The van der Waals surface area contributed by atoms with Gasteiger partial charge in [-0.15, -0.1) is 0 Å². The quantitative estimate of drug-likeness (QED) is 0.686. The maximum atomic E-state index is 11.9. The number of amides is 1. The Morgan fingerprint density at radius 1 is 1.38 bits per heavy atom. The Bertz CT molecular complexity index is 284. The number of carbonyl (C=O) groups excluding carboxylic acids is 1. The van der Waals surface area contributed by atoms with Gasteiger partial charge < -0.3 is 14.7 Å². The molecule has 3 fully saturated rings. The van der Waals surface area contributed by atoms with E-state index in [-0.39, 0.29) is 24.2 Å². The Morgan fingerprint density at radius 2 is 2.06 bits per heavy atom. The van der Waals surface area contributed by atoms with Crippen molar-refractivity contribution in [2.75, 3.05) is 6.54 Å². The number of nitrogens with zero attached hydrogens (tertiary/aromatic N) is 1. The van der Waals surface area contributed by atoms with Crippen LogP contribution in [0.1, 0.15) is 40.0 Å². The largest absolute Gasteiger partial charge is 0.444 e. The first-order valence-electron chi connectivity index (χ1n) is 6.04. The lowest BCUT2D eigenvalue weighted by molar-refractivity contribution is -0.0584. The molecule has 0 unspecified atom stereocenters. The van der Waals surface area contributed by atoms with Gasteiger partial charge in [0.2, 0.25) is 0 Å². The topological polar surface area (TPSA) is 49.8 Å². The number of rotatable bonds is 0. The fourth-order valence-corrected chi connectivity index (χ4v) is 2.63. The van der Waals surface area contributed by atoms with E-state index in [1.165, 1.54) is 0 Å². The number of ether oxygens (including phenoxy) is 1. The molecule has 1 N–H and O–H groups in total. The average Bonchev–Trinajstić information content (AvgIpc) is 2.15. The van der Waals surface area contributed by atoms with Crippen molar-refractivity contribution in [3.05, 3.63) is 0 Å². The molecular weight excluding hydrogens is 206 g/mol. The summed E-state index contributed by atoms with van der Waals surface area (Å²) in [5, 5.41) is 9.75. The van der Waals surface area contributed by atoms with Crippen molar-refractivity contribution in [2.45, 2.75) is 57.8 Å². The lowest BCUT2D eigenvalue weighted by Gasteiger charge is -2.47. The maximum absolute atomic E-state index is 11.9. The van der Waals surface area contributed by atoms with Crippen LogP contribution >= 0.6 is 0 Å². The van der Waals surface area contributed by atoms with E-state index in [1.54, 1.807) is 4.90 Å². The molecule has 2 aliphatic heterocycles.